The first-order chi connectivity index (χ1) is 6.65. The summed E-state index contributed by atoms with van der Waals surface area (Å²) in [5.74, 6) is 0.122. The number of benzene rings is 1. The van der Waals surface area contributed by atoms with E-state index in [0.29, 0.717) is 0 Å². The lowest BCUT2D eigenvalue weighted by molar-refractivity contribution is 0.919. The van der Waals surface area contributed by atoms with Crippen molar-refractivity contribution >= 4 is 11.6 Å². The van der Waals surface area contributed by atoms with Gasteiger partial charge in [0.25, 0.3) is 0 Å². The summed E-state index contributed by atoms with van der Waals surface area (Å²) in [5.41, 5.74) is 14.0. The number of para-hydroxylation sites is 1. The van der Waals surface area contributed by atoms with Crippen LogP contribution in [0.5, 0.6) is 0 Å². The van der Waals surface area contributed by atoms with Crippen molar-refractivity contribution in [2.75, 3.05) is 0 Å². The van der Waals surface area contributed by atoms with Crippen LogP contribution in [0.2, 0.25) is 0 Å². The number of aliphatic imine (C=N–C) groups is 1. The van der Waals surface area contributed by atoms with Crippen LogP contribution in [-0.4, -0.2) is 5.96 Å². The van der Waals surface area contributed by atoms with E-state index in [-0.39, 0.29) is 5.96 Å². The highest BCUT2D eigenvalue weighted by molar-refractivity contribution is 5.80. The minimum absolute atomic E-state index is 0.122. The number of guanidine groups is 1. The van der Waals surface area contributed by atoms with Gasteiger partial charge in [0.15, 0.2) is 5.96 Å². The molecular weight excluding hydrogens is 174 g/mol. The molecule has 76 valence electrons. The van der Waals surface area contributed by atoms with Crippen LogP contribution in [0.3, 0.4) is 0 Å². The Labute approximate surface area is 84.8 Å². The molecule has 14 heavy (non-hydrogen) atoms. The Bertz CT molecular complexity index is 338. The van der Waals surface area contributed by atoms with Crippen LogP contribution < -0.4 is 11.5 Å². The normalized spacial score (nSPS) is 9.86. The quantitative estimate of drug-likeness (QED) is 0.565. The summed E-state index contributed by atoms with van der Waals surface area (Å²) in [7, 11) is 0. The molecule has 0 unspecified atom stereocenters. The summed E-state index contributed by atoms with van der Waals surface area (Å²) in [4.78, 5) is 4.15. The second kappa shape index (κ2) is 4.65. The molecule has 0 saturated heterocycles. The fourth-order valence-electron chi connectivity index (χ4n) is 1.48. The molecule has 1 aromatic rings. The lowest BCUT2D eigenvalue weighted by Gasteiger charge is -2.07. The molecule has 3 nitrogen and oxygen atoms in total. The van der Waals surface area contributed by atoms with E-state index in [1.165, 1.54) is 5.56 Å². The van der Waals surface area contributed by atoms with Crippen LogP contribution in [-0.2, 0) is 6.42 Å². The Balaban J connectivity index is 3.15. The fraction of sp³-hybridized carbons (Fsp3) is 0.364. The number of hydrogen-bond donors (Lipinski definition) is 2. The molecule has 1 aromatic carbocycles. The molecule has 0 aromatic heterocycles. The third-order valence-corrected chi connectivity index (χ3v) is 2.08. The predicted molar refractivity (Wildman–Crippen MR) is 60.6 cm³/mol. The molecule has 1 rings (SSSR count). The number of nitrogens with zero attached hydrogens (tertiary/aromatic N) is 1. The van der Waals surface area contributed by atoms with E-state index in [1.54, 1.807) is 0 Å². The maximum Gasteiger partial charge on any atom is 0.191 e. The first-order valence-corrected chi connectivity index (χ1v) is 4.83. The highest BCUT2D eigenvalue weighted by Crippen LogP contribution is 2.24. The van der Waals surface area contributed by atoms with Crippen molar-refractivity contribution in [2.45, 2.75) is 26.7 Å². The molecule has 0 saturated carbocycles. The SMILES string of the molecule is CCCc1cccc(C)c1N=C(N)N. The topological polar surface area (TPSA) is 64.4 Å². The van der Waals surface area contributed by atoms with Crippen molar-refractivity contribution in [1.29, 1.82) is 0 Å². The Morgan fingerprint density at radius 1 is 1.36 bits per heavy atom. The molecule has 0 heterocycles. The Morgan fingerprint density at radius 2 is 2.07 bits per heavy atom. The average molecular weight is 191 g/mol. The molecule has 0 aliphatic rings. The number of nitrogens with two attached hydrogens (primary N) is 2. The van der Waals surface area contributed by atoms with Gasteiger partial charge in [0.2, 0.25) is 0 Å². The maximum atomic E-state index is 5.39. The second-order valence-corrected chi connectivity index (χ2v) is 3.37. The number of rotatable bonds is 3. The van der Waals surface area contributed by atoms with Gasteiger partial charge in [-0.2, -0.15) is 0 Å². The van der Waals surface area contributed by atoms with Crippen LogP contribution >= 0.6 is 0 Å². The third kappa shape index (κ3) is 2.49. The Morgan fingerprint density at radius 3 is 2.64 bits per heavy atom. The summed E-state index contributed by atoms with van der Waals surface area (Å²) in [6.07, 6.45) is 2.10. The van der Waals surface area contributed by atoms with Crippen LogP contribution in [0.4, 0.5) is 5.69 Å². The van der Waals surface area contributed by atoms with E-state index in [2.05, 4.69) is 18.0 Å². The van der Waals surface area contributed by atoms with Crippen molar-refractivity contribution in [1.82, 2.24) is 0 Å². The molecule has 0 fully saturated rings. The molecule has 0 bridgehead atoms. The average Bonchev–Trinajstić information content (AvgIpc) is 2.11. The number of aryl methyl sites for hydroxylation is 2. The zero-order chi connectivity index (χ0) is 10.6. The molecule has 4 N–H and O–H groups in total. The van der Waals surface area contributed by atoms with Crippen LogP contribution in [0.25, 0.3) is 0 Å². The van der Waals surface area contributed by atoms with E-state index in [4.69, 9.17) is 11.5 Å². The van der Waals surface area contributed by atoms with Crippen molar-refractivity contribution in [2.24, 2.45) is 16.5 Å². The number of hydrogen-bond acceptors (Lipinski definition) is 1. The highest BCUT2D eigenvalue weighted by Gasteiger charge is 2.03. The van der Waals surface area contributed by atoms with Gasteiger partial charge >= 0.3 is 0 Å². The van der Waals surface area contributed by atoms with Gasteiger partial charge in [-0.1, -0.05) is 31.5 Å². The molecular formula is C11H17N3. The van der Waals surface area contributed by atoms with Gasteiger partial charge in [0.05, 0.1) is 5.69 Å². The summed E-state index contributed by atoms with van der Waals surface area (Å²) in [5, 5.41) is 0. The first kappa shape index (κ1) is 10.6. The van der Waals surface area contributed by atoms with E-state index in [0.717, 1.165) is 24.1 Å². The standard InChI is InChI=1S/C11H17N3/c1-3-5-9-7-4-6-8(2)10(9)14-11(12)13/h4,6-7H,3,5H2,1-2H3,(H4,12,13,14). The van der Waals surface area contributed by atoms with Gasteiger partial charge in [-0.15, -0.1) is 0 Å². The Hall–Kier alpha value is -1.51. The molecule has 0 amide bonds. The fourth-order valence-corrected chi connectivity index (χ4v) is 1.48. The van der Waals surface area contributed by atoms with Crippen molar-refractivity contribution in [3.05, 3.63) is 29.3 Å². The van der Waals surface area contributed by atoms with Gasteiger partial charge in [-0.05, 0) is 24.5 Å². The zero-order valence-corrected chi connectivity index (χ0v) is 8.75. The Kier molecular flexibility index (Phi) is 3.51. The van der Waals surface area contributed by atoms with E-state index >= 15 is 0 Å². The predicted octanol–water partition coefficient (Wildman–Crippen LogP) is 1.85. The van der Waals surface area contributed by atoms with Crippen molar-refractivity contribution in [3.8, 4) is 0 Å². The molecule has 0 radical (unpaired) electrons. The van der Waals surface area contributed by atoms with E-state index < -0.39 is 0 Å². The smallest absolute Gasteiger partial charge is 0.191 e. The van der Waals surface area contributed by atoms with Gasteiger partial charge in [0, 0.05) is 0 Å². The second-order valence-electron chi connectivity index (χ2n) is 3.37. The van der Waals surface area contributed by atoms with Crippen molar-refractivity contribution < 1.29 is 0 Å². The van der Waals surface area contributed by atoms with Gasteiger partial charge in [-0.25, -0.2) is 4.99 Å². The van der Waals surface area contributed by atoms with Gasteiger partial charge in [-0.3, -0.25) is 0 Å². The minimum atomic E-state index is 0.122. The minimum Gasteiger partial charge on any atom is -0.370 e. The monoisotopic (exact) mass is 191 g/mol. The van der Waals surface area contributed by atoms with Crippen LogP contribution in [0.1, 0.15) is 24.5 Å². The lowest BCUT2D eigenvalue weighted by Crippen LogP contribution is -2.22. The highest BCUT2D eigenvalue weighted by atomic mass is 15.0. The summed E-state index contributed by atoms with van der Waals surface area (Å²) in [6.45, 7) is 4.16. The summed E-state index contributed by atoms with van der Waals surface area (Å²) in [6, 6.07) is 6.12. The van der Waals surface area contributed by atoms with Crippen LogP contribution in [0, 0.1) is 6.92 Å². The summed E-state index contributed by atoms with van der Waals surface area (Å²) < 4.78 is 0. The third-order valence-electron chi connectivity index (χ3n) is 2.08. The van der Waals surface area contributed by atoms with Gasteiger partial charge < -0.3 is 11.5 Å². The maximum absolute atomic E-state index is 5.39. The van der Waals surface area contributed by atoms with Gasteiger partial charge in [0.1, 0.15) is 0 Å². The molecule has 0 aliphatic carbocycles. The van der Waals surface area contributed by atoms with Crippen molar-refractivity contribution in [3.63, 3.8) is 0 Å². The molecule has 3 heteroatoms. The lowest BCUT2D eigenvalue weighted by atomic mass is 10.0. The van der Waals surface area contributed by atoms with E-state index in [1.807, 2.05) is 19.1 Å². The summed E-state index contributed by atoms with van der Waals surface area (Å²) >= 11 is 0. The first-order valence-electron chi connectivity index (χ1n) is 4.83. The molecule has 0 aliphatic heterocycles. The molecule has 0 spiro atoms. The molecule has 0 atom stereocenters. The van der Waals surface area contributed by atoms with E-state index in [9.17, 15) is 0 Å². The zero-order valence-electron chi connectivity index (χ0n) is 8.75. The van der Waals surface area contributed by atoms with Crippen LogP contribution in [0.15, 0.2) is 23.2 Å². The largest absolute Gasteiger partial charge is 0.370 e.